The highest BCUT2D eigenvalue weighted by Crippen LogP contribution is 2.12. The summed E-state index contributed by atoms with van der Waals surface area (Å²) in [6.45, 7) is 5.82. The Kier molecular flexibility index (Phi) is 9.78. The first kappa shape index (κ1) is 16.9. The lowest BCUT2D eigenvalue weighted by Crippen LogP contribution is -2.17. The molecule has 4 nitrogen and oxygen atoms in total. The van der Waals surface area contributed by atoms with Crippen molar-refractivity contribution >= 4 is 10.0 Å². The molecule has 1 atom stereocenters. The van der Waals surface area contributed by atoms with Crippen molar-refractivity contribution in [2.45, 2.75) is 52.4 Å². The third-order valence-electron chi connectivity index (χ3n) is 2.86. The molecule has 0 aliphatic carbocycles. The number of nitrogens with two attached hydrogens (primary N) is 1. The van der Waals surface area contributed by atoms with Crippen LogP contribution in [0.3, 0.4) is 0 Å². The van der Waals surface area contributed by atoms with Crippen LogP contribution in [0.15, 0.2) is 0 Å². The van der Waals surface area contributed by atoms with Crippen molar-refractivity contribution in [2.75, 3.05) is 19.0 Å². The van der Waals surface area contributed by atoms with Gasteiger partial charge in [-0.15, -0.1) is 0 Å². The maximum atomic E-state index is 10.7. The molecule has 0 aromatic carbocycles. The van der Waals surface area contributed by atoms with E-state index in [0.29, 0.717) is 18.9 Å². The number of sulfonamides is 1. The first-order valence-corrected chi connectivity index (χ1v) is 8.29. The molecule has 2 N–H and O–H groups in total. The summed E-state index contributed by atoms with van der Waals surface area (Å²) >= 11 is 0. The largest absolute Gasteiger partial charge is 0.381 e. The molecule has 0 heterocycles. The monoisotopic (exact) mass is 265 g/mol. The molecule has 0 aromatic rings. The minimum Gasteiger partial charge on any atom is -0.381 e. The SMILES string of the molecule is CCCCC(CC)COCCCCS(N)(=O)=O. The second-order valence-electron chi connectivity index (χ2n) is 4.57. The molecule has 104 valence electrons. The van der Waals surface area contributed by atoms with Crippen LogP contribution in [0.25, 0.3) is 0 Å². The maximum Gasteiger partial charge on any atom is 0.209 e. The zero-order valence-electron chi connectivity index (χ0n) is 11.2. The van der Waals surface area contributed by atoms with Gasteiger partial charge in [-0.05, 0) is 25.2 Å². The van der Waals surface area contributed by atoms with Gasteiger partial charge in [0.25, 0.3) is 0 Å². The Labute approximate surface area is 106 Å². The molecule has 17 heavy (non-hydrogen) atoms. The lowest BCUT2D eigenvalue weighted by Gasteiger charge is -2.14. The quantitative estimate of drug-likeness (QED) is 0.583. The molecule has 0 amide bonds. The smallest absolute Gasteiger partial charge is 0.209 e. The van der Waals surface area contributed by atoms with Crippen LogP contribution in [-0.2, 0) is 14.8 Å². The van der Waals surface area contributed by atoms with Crippen LogP contribution in [0.4, 0.5) is 0 Å². The van der Waals surface area contributed by atoms with E-state index in [0.717, 1.165) is 19.4 Å². The molecular formula is C12H27NO3S. The molecule has 0 aliphatic heterocycles. The molecule has 0 bridgehead atoms. The van der Waals surface area contributed by atoms with Crippen molar-refractivity contribution in [2.24, 2.45) is 11.1 Å². The van der Waals surface area contributed by atoms with Crippen LogP contribution in [0.2, 0.25) is 0 Å². The van der Waals surface area contributed by atoms with E-state index >= 15 is 0 Å². The van der Waals surface area contributed by atoms with Gasteiger partial charge in [0.1, 0.15) is 0 Å². The Morgan fingerprint density at radius 3 is 2.41 bits per heavy atom. The fourth-order valence-corrected chi connectivity index (χ4v) is 2.26. The van der Waals surface area contributed by atoms with Crippen LogP contribution < -0.4 is 5.14 Å². The molecule has 0 saturated heterocycles. The van der Waals surface area contributed by atoms with Crippen molar-refractivity contribution in [3.8, 4) is 0 Å². The minimum absolute atomic E-state index is 0.0589. The predicted molar refractivity (Wildman–Crippen MR) is 71.3 cm³/mol. The third-order valence-corrected chi connectivity index (χ3v) is 3.72. The zero-order chi connectivity index (χ0) is 13.1. The summed E-state index contributed by atoms with van der Waals surface area (Å²) in [4.78, 5) is 0. The summed E-state index contributed by atoms with van der Waals surface area (Å²) in [7, 11) is -3.30. The third kappa shape index (κ3) is 12.1. The zero-order valence-corrected chi connectivity index (χ0v) is 12.0. The Bertz CT molecular complexity index is 265. The second-order valence-corrected chi connectivity index (χ2v) is 6.30. The molecule has 5 heteroatoms. The Morgan fingerprint density at radius 1 is 1.18 bits per heavy atom. The molecule has 0 aromatic heterocycles. The Balaban J connectivity index is 3.42. The van der Waals surface area contributed by atoms with Gasteiger partial charge < -0.3 is 4.74 Å². The highest BCUT2D eigenvalue weighted by atomic mass is 32.2. The van der Waals surface area contributed by atoms with E-state index < -0.39 is 10.0 Å². The molecule has 0 spiro atoms. The van der Waals surface area contributed by atoms with Gasteiger partial charge in [-0.1, -0.05) is 33.1 Å². The normalized spacial score (nSPS) is 13.8. The molecular weight excluding hydrogens is 238 g/mol. The number of hydrogen-bond acceptors (Lipinski definition) is 3. The molecule has 0 fully saturated rings. The van der Waals surface area contributed by atoms with Crippen LogP contribution in [0, 0.1) is 5.92 Å². The summed E-state index contributed by atoms with van der Waals surface area (Å²) in [6.07, 6.45) is 6.21. The van der Waals surface area contributed by atoms with Crippen LogP contribution in [-0.4, -0.2) is 27.4 Å². The van der Waals surface area contributed by atoms with Crippen molar-refractivity contribution in [1.29, 1.82) is 0 Å². The summed E-state index contributed by atoms with van der Waals surface area (Å²) in [5, 5.41) is 4.91. The van der Waals surface area contributed by atoms with Crippen LogP contribution in [0.1, 0.15) is 52.4 Å². The molecule has 0 saturated carbocycles. The second kappa shape index (κ2) is 9.85. The van der Waals surface area contributed by atoms with E-state index in [-0.39, 0.29) is 5.75 Å². The van der Waals surface area contributed by atoms with Crippen LogP contribution in [0.5, 0.6) is 0 Å². The average Bonchev–Trinajstić information content (AvgIpc) is 2.25. The first-order chi connectivity index (χ1) is 7.99. The Hall–Kier alpha value is -0.130. The number of unbranched alkanes of at least 4 members (excludes halogenated alkanes) is 2. The van der Waals surface area contributed by atoms with Gasteiger partial charge in [-0.25, -0.2) is 13.6 Å². The van der Waals surface area contributed by atoms with E-state index in [4.69, 9.17) is 9.88 Å². The highest BCUT2D eigenvalue weighted by Gasteiger charge is 2.06. The van der Waals surface area contributed by atoms with Crippen molar-refractivity contribution in [1.82, 2.24) is 0 Å². The van der Waals surface area contributed by atoms with Crippen molar-refractivity contribution in [3.05, 3.63) is 0 Å². The number of primary sulfonamides is 1. The molecule has 0 radical (unpaired) electrons. The molecule has 1 unspecified atom stereocenters. The first-order valence-electron chi connectivity index (χ1n) is 6.57. The van der Waals surface area contributed by atoms with E-state index in [1.54, 1.807) is 0 Å². The summed E-state index contributed by atoms with van der Waals surface area (Å²) in [5.74, 6) is 0.705. The number of ether oxygens (including phenoxy) is 1. The van der Waals surface area contributed by atoms with Gasteiger partial charge in [0.15, 0.2) is 0 Å². The fraction of sp³-hybridized carbons (Fsp3) is 1.00. The lowest BCUT2D eigenvalue weighted by molar-refractivity contribution is 0.0919. The topological polar surface area (TPSA) is 69.4 Å². The van der Waals surface area contributed by atoms with Crippen molar-refractivity contribution < 1.29 is 13.2 Å². The average molecular weight is 265 g/mol. The minimum atomic E-state index is -3.30. The van der Waals surface area contributed by atoms with E-state index in [1.807, 2.05) is 0 Å². The molecule has 0 aliphatic rings. The van der Waals surface area contributed by atoms with Crippen LogP contribution >= 0.6 is 0 Å². The predicted octanol–water partition coefficient (Wildman–Crippen LogP) is 2.29. The maximum absolute atomic E-state index is 10.7. The van der Waals surface area contributed by atoms with Gasteiger partial charge in [0.2, 0.25) is 10.0 Å². The van der Waals surface area contributed by atoms with Gasteiger partial charge in [0.05, 0.1) is 5.75 Å². The highest BCUT2D eigenvalue weighted by molar-refractivity contribution is 7.89. The van der Waals surface area contributed by atoms with Crippen molar-refractivity contribution in [3.63, 3.8) is 0 Å². The number of rotatable bonds is 11. The summed E-state index contributed by atoms with van der Waals surface area (Å²) in [6, 6.07) is 0. The van der Waals surface area contributed by atoms with Gasteiger partial charge in [-0.2, -0.15) is 0 Å². The molecule has 0 rings (SSSR count). The van der Waals surface area contributed by atoms with Gasteiger partial charge in [0, 0.05) is 13.2 Å². The summed E-state index contributed by atoms with van der Waals surface area (Å²) in [5.41, 5.74) is 0. The van der Waals surface area contributed by atoms with E-state index in [1.165, 1.54) is 19.3 Å². The summed E-state index contributed by atoms with van der Waals surface area (Å²) < 4.78 is 26.9. The van der Waals surface area contributed by atoms with Gasteiger partial charge in [-0.3, -0.25) is 0 Å². The Morgan fingerprint density at radius 2 is 1.88 bits per heavy atom. The standard InChI is InChI=1S/C12H27NO3S/c1-3-5-8-12(4-2)11-16-9-6-7-10-17(13,14)15/h12H,3-11H2,1-2H3,(H2,13,14,15). The number of hydrogen-bond donors (Lipinski definition) is 1. The van der Waals surface area contributed by atoms with E-state index in [9.17, 15) is 8.42 Å². The van der Waals surface area contributed by atoms with Gasteiger partial charge >= 0.3 is 0 Å². The fourth-order valence-electron chi connectivity index (χ4n) is 1.66. The van der Waals surface area contributed by atoms with E-state index in [2.05, 4.69) is 13.8 Å². The lowest BCUT2D eigenvalue weighted by atomic mass is 10.0.